The van der Waals surface area contributed by atoms with Crippen LogP contribution in [0, 0.1) is 0 Å². The number of nitrogens with zero attached hydrogens (tertiary/aromatic N) is 2. The molecule has 0 bridgehead atoms. The molecule has 0 saturated carbocycles. The Labute approximate surface area is 139 Å². The van der Waals surface area contributed by atoms with Gasteiger partial charge < -0.3 is 5.32 Å². The first-order valence-electron chi connectivity index (χ1n) is 7.71. The fourth-order valence-corrected chi connectivity index (χ4v) is 4.01. The lowest BCUT2D eigenvalue weighted by atomic mass is 10.1. The van der Waals surface area contributed by atoms with Gasteiger partial charge in [-0.2, -0.15) is 5.10 Å². The molecule has 2 aromatic rings. The van der Waals surface area contributed by atoms with Gasteiger partial charge in [-0.05, 0) is 59.8 Å². The zero-order valence-electron chi connectivity index (χ0n) is 13.0. The van der Waals surface area contributed by atoms with Crippen molar-refractivity contribution in [2.24, 2.45) is 0 Å². The van der Waals surface area contributed by atoms with Crippen LogP contribution in [-0.2, 0) is 19.4 Å². The van der Waals surface area contributed by atoms with Crippen LogP contribution in [0.5, 0.6) is 0 Å². The van der Waals surface area contributed by atoms with Crippen molar-refractivity contribution < 1.29 is 0 Å². The number of halogens is 1. The van der Waals surface area contributed by atoms with Gasteiger partial charge in [-0.15, -0.1) is 11.3 Å². The second kappa shape index (κ2) is 8.11. The van der Waals surface area contributed by atoms with Crippen molar-refractivity contribution in [1.82, 2.24) is 15.1 Å². The van der Waals surface area contributed by atoms with Gasteiger partial charge in [0.1, 0.15) is 0 Å². The Kier molecular flexibility index (Phi) is 6.45. The molecule has 0 aliphatic heterocycles. The highest BCUT2D eigenvalue weighted by molar-refractivity contribution is 9.10. The second-order valence-corrected chi connectivity index (χ2v) is 6.99. The summed E-state index contributed by atoms with van der Waals surface area (Å²) in [5, 5.41) is 10.5. The van der Waals surface area contributed by atoms with Gasteiger partial charge >= 0.3 is 0 Å². The summed E-state index contributed by atoms with van der Waals surface area (Å²) in [5.74, 6) is 0. The zero-order chi connectivity index (χ0) is 15.2. The normalized spacial score (nSPS) is 12.8. The molecular formula is C16H24BrN3S. The number of rotatable bonds is 8. The molecule has 3 nitrogen and oxygen atoms in total. The minimum Gasteiger partial charge on any atom is -0.308 e. The number of nitrogens with one attached hydrogen (secondary N) is 1. The van der Waals surface area contributed by atoms with Gasteiger partial charge in [-0.1, -0.05) is 13.8 Å². The van der Waals surface area contributed by atoms with Gasteiger partial charge in [0.2, 0.25) is 0 Å². The number of thiophene rings is 1. The van der Waals surface area contributed by atoms with E-state index in [0.717, 1.165) is 32.4 Å². The summed E-state index contributed by atoms with van der Waals surface area (Å²) < 4.78 is 3.36. The Hall–Kier alpha value is -0.650. The first-order valence-corrected chi connectivity index (χ1v) is 9.38. The second-order valence-electron chi connectivity index (χ2n) is 5.13. The van der Waals surface area contributed by atoms with E-state index in [-0.39, 0.29) is 0 Å². The molecule has 0 aliphatic rings. The Morgan fingerprint density at radius 1 is 1.38 bits per heavy atom. The lowest BCUT2D eigenvalue weighted by Gasteiger charge is -2.19. The molecule has 0 radical (unpaired) electrons. The minimum atomic E-state index is 0.327. The molecule has 0 fully saturated rings. The predicted octanol–water partition coefficient (Wildman–Crippen LogP) is 4.57. The number of hydrogen-bond acceptors (Lipinski definition) is 3. The van der Waals surface area contributed by atoms with Crippen LogP contribution in [0.3, 0.4) is 0 Å². The Balaban J connectivity index is 2.26. The quantitative estimate of drug-likeness (QED) is 0.738. The molecule has 0 spiro atoms. The molecule has 1 N–H and O–H groups in total. The van der Waals surface area contributed by atoms with Crippen molar-refractivity contribution >= 4 is 27.3 Å². The largest absolute Gasteiger partial charge is 0.308 e. The summed E-state index contributed by atoms with van der Waals surface area (Å²) >= 11 is 5.47. The SMILES string of the molecule is CCCNC(Cc1sccc1Br)c1cc(CC)nn1CC. The molecule has 116 valence electrons. The van der Waals surface area contributed by atoms with Crippen LogP contribution in [0.25, 0.3) is 0 Å². The average molecular weight is 370 g/mol. The average Bonchev–Trinajstić information content (AvgIpc) is 3.09. The maximum atomic E-state index is 4.70. The zero-order valence-corrected chi connectivity index (χ0v) is 15.4. The molecule has 0 saturated heterocycles. The van der Waals surface area contributed by atoms with Crippen molar-refractivity contribution in [3.8, 4) is 0 Å². The van der Waals surface area contributed by atoms with Gasteiger partial charge in [0, 0.05) is 22.3 Å². The summed E-state index contributed by atoms with van der Waals surface area (Å²) in [7, 11) is 0. The molecule has 0 amide bonds. The third-order valence-electron chi connectivity index (χ3n) is 3.60. The maximum absolute atomic E-state index is 4.70. The van der Waals surface area contributed by atoms with Crippen LogP contribution in [0.1, 0.15) is 49.5 Å². The van der Waals surface area contributed by atoms with E-state index in [1.807, 2.05) is 11.3 Å². The van der Waals surface area contributed by atoms with E-state index < -0.39 is 0 Å². The predicted molar refractivity (Wildman–Crippen MR) is 94.0 cm³/mol. The van der Waals surface area contributed by atoms with Crippen LogP contribution in [-0.4, -0.2) is 16.3 Å². The van der Waals surface area contributed by atoms with E-state index in [1.165, 1.54) is 20.7 Å². The van der Waals surface area contributed by atoms with Crippen molar-refractivity contribution in [3.05, 3.63) is 38.3 Å². The van der Waals surface area contributed by atoms with Gasteiger partial charge in [-0.25, -0.2) is 0 Å². The summed E-state index contributed by atoms with van der Waals surface area (Å²) in [4.78, 5) is 1.39. The van der Waals surface area contributed by atoms with Crippen LogP contribution < -0.4 is 5.32 Å². The molecule has 2 rings (SSSR count). The third kappa shape index (κ3) is 4.18. The Morgan fingerprint density at radius 2 is 2.19 bits per heavy atom. The fourth-order valence-electron chi connectivity index (χ4n) is 2.45. The summed E-state index contributed by atoms with van der Waals surface area (Å²) in [6, 6.07) is 4.72. The van der Waals surface area contributed by atoms with E-state index >= 15 is 0 Å². The molecule has 0 aliphatic carbocycles. The smallest absolute Gasteiger partial charge is 0.0625 e. The van der Waals surface area contributed by atoms with Gasteiger partial charge in [0.25, 0.3) is 0 Å². The van der Waals surface area contributed by atoms with E-state index in [4.69, 9.17) is 5.10 Å². The molecule has 2 heterocycles. The summed E-state index contributed by atoms with van der Waals surface area (Å²) in [6.07, 6.45) is 3.14. The lowest BCUT2D eigenvalue weighted by Crippen LogP contribution is -2.26. The molecule has 2 aromatic heterocycles. The minimum absolute atomic E-state index is 0.327. The highest BCUT2D eigenvalue weighted by Gasteiger charge is 2.19. The lowest BCUT2D eigenvalue weighted by molar-refractivity contribution is 0.480. The molecule has 0 aromatic carbocycles. The van der Waals surface area contributed by atoms with Gasteiger partial charge in [0.05, 0.1) is 17.4 Å². The van der Waals surface area contributed by atoms with Crippen molar-refractivity contribution in [1.29, 1.82) is 0 Å². The maximum Gasteiger partial charge on any atom is 0.0625 e. The number of aryl methyl sites for hydroxylation is 2. The molecule has 21 heavy (non-hydrogen) atoms. The van der Waals surface area contributed by atoms with E-state index in [0.29, 0.717) is 6.04 Å². The first kappa shape index (κ1) is 16.7. The molecular weight excluding hydrogens is 346 g/mol. The number of hydrogen-bond donors (Lipinski definition) is 1. The fraction of sp³-hybridized carbons (Fsp3) is 0.562. The topological polar surface area (TPSA) is 29.9 Å². The summed E-state index contributed by atoms with van der Waals surface area (Å²) in [5.41, 5.74) is 2.49. The van der Waals surface area contributed by atoms with E-state index in [1.54, 1.807) is 0 Å². The Morgan fingerprint density at radius 3 is 2.76 bits per heavy atom. The highest BCUT2D eigenvalue weighted by Crippen LogP contribution is 2.28. The van der Waals surface area contributed by atoms with Crippen molar-refractivity contribution in [2.75, 3.05) is 6.54 Å². The monoisotopic (exact) mass is 369 g/mol. The number of aromatic nitrogens is 2. The standard InChI is InChI=1S/C16H24BrN3S/c1-4-8-18-14(11-16-13(17)7-9-21-16)15-10-12(5-2)19-20(15)6-3/h7,9-10,14,18H,4-6,8,11H2,1-3H3. The van der Waals surface area contributed by atoms with Gasteiger partial charge in [0.15, 0.2) is 0 Å². The molecule has 1 atom stereocenters. The van der Waals surface area contributed by atoms with E-state index in [9.17, 15) is 0 Å². The third-order valence-corrected chi connectivity index (χ3v) is 5.55. The van der Waals surface area contributed by atoms with Gasteiger partial charge in [-0.3, -0.25) is 4.68 Å². The molecule has 5 heteroatoms. The Bertz CT molecular complexity index is 562. The van der Waals surface area contributed by atoms with Crippen LogP contribution in [0.2, 0.25) is 0 Å². The first-order chi connectivity index (χ1) is 10.2. The van der Waals surface area contributed by atoms with Crippen molar-refractivity contribution in [2.45, 2.75) is 52.6 Å². The highest BCUT2D eigenvalue weighted by atomic mass is 79.9. The summed E-state index contributed by atoms with van der Waals surface area (Å²) in [6.45, 7) is 8.49. The van der Waals surface area contributed by atoms with Crippen LogP contribution >= 0.6 is 27.3 Å². The van der Waals surface area contributed by atoms with Crippen LogP contribution in [0.15, 0.2) is 22.0 Å². The van der Waals surface area contributed by atoms with Crippen LogP contribution in [0.4, 0.5) is 0 Å². The van der Waals surface area contributed by atoms with E-state index in [2.05, 4.69) is 64.2 Å². The van der Waals surface area contributed by atoms with Crippen molar-refractivity contribution in [3.63, 3.8) is 0 Å². The molecule has 1 unspecified atom stereocenters.